The van der Waals surface area contributed by atoms with Gasteiger partial charge in [0.1, 0.15) is 0 Å². The fourth-order valence-electron chi connectivity index (χ4n) is 2.46. The highest BCUT2D eigenvalue weighted by atomic mass is 16.1. The predicted molar refractivity (Wildman–Crippen MR) is 58.7 cm³/mol. The van der Waals surface area contributed by atoms with Crippen molar-refractivity contribution in [3.63, 3.8) is 0 Å². The second kappa shape index (κ2) is 3.80. The third-order valence-corrected chi connectivity index (χ3v) is 3.42. The molecular formula is C12H18N2O. The van der Waals surface area contributed by atoms with Crippen molar-refractivity contribution in [1.82, 2.24) is 9.78 Å². The van der Waals surface area contributed by atoms with Gasteiger partial charge in [-0.3, -0.25) is 9.48 Å². The molecule has 0 unspecified atom stereocenters. The molecule has 0 radical (unpaired) electrons. The SMILES string of the molecule is Cn1cc(C(=O)CC2(C)CCCC2)cn1. The fraction of sp³-hybridized carbons (Fsp3) is 0.667. The lowest BCUT2D eigenvalue weighted by atomic mass is 9.82. The molecule has 1 aliphatic carbocycles. The maximum atomic E-state index is 12.0. The second-order valence-electron chi connectivity index (χ2n) is 5.02. The van der Waals surface area contributed by atoms with Gasteiger partial charge in [-0.25, -0.2) is 0 Å². The van der Waals surface area contributed by atoms with E-state index in [2.05, 4.69) is 12.0 Å². The number of ketones is 1. The first-order valence-electron chi connectivity index (χ1n) is 5.61. The summed E-state index contributed by atoms with van der Waals surface area (Å²) >= 11 is 0. The van der Waals surface area contributed by atoms with Gasteiger partial charge in [0.2, 0.25) is 0 Å². The number of hydrogen-bond acceptors (Lipinski definition) is 2. The molecule has 1 aliphatic rings. The van der Waals surface area contributed by atoms with Gasteiger partial charge in [0.25, 0.3) is 0 Å². The number of aryl methyl sites for hydroxylation is 1. The van der Waals surface area contributed by atoms with Crippen molar-refractivity contribution in [3.8, 4) is 0 Å². The Bertz CT molecular complexity index is 361. The van der Waals surface area contributed by atoms with Gasteiger partial charge < -0.3 is 0 Å². The van der Waals surface area contributed by atoms with E-state index in [1.54, 1.807) is 17.1 Å². The molecule has 0 N–H and O–H groups in total. The lowest BCUT2D eigenvalue weighted by Crippen LogP contribution is -2.16. The molecule has 0 bridgehead atoms. The molecule has 0 saturated heterocycles. The maximum Gasteiger partial charge on any atom is 0.166 e. The molecule has 1 aromatic rings. The summed E-state index contributed by atoms with van der Waals surface area (Å²) in [6.07, 6.45) is 9.09. The number of aromatic nitrogens is 2. The van der Waals surface area contributed by atoms with E-state index in [1.165, 1.54) is 25.7 Å². The summed E-state index contributed by atoms with van der Waals surface area (Å²) < 4.78 is 1.68. The van der Waals surface area contributed by atoms with Gasteiger partial charge in [0.05, 0.1) is 11.8 Å². The van der Waals surface area contributed by atoms with E-state index < -0.39 is 0 Å². The smallest absolute Gasteiger partial charge is 0.166 e. The molecule has 3 nitrogen and oxygen atoms in total. The predicted octanol–water partition coefficient (Wildman–Crippen LogP) is 2.57. The summed E-state index contributed by atoms with van der Waals surface area (Å²) in [5.74, 6) is 0.243. The van der Waals surface area contributed by atoms with Gasteiger partial charge in [-0.15, -0.1) is 0 Å². The van der Waals surface area contributed by atoms with E-state index in [0.717, 1.165) is 5.56 Å². The molecule has 15 heavy (non-hydrogen) atoms. The van der Waals surface area contributed by atoms with Crippen LogP contribution < -0.4 is 0 Å². The first-order chi connectivity index (χ1) is 7.09. The molecule has 0 amide bonds. The highest BCUT2D eigenvalue weighted by Gasteiger charge is 2.31. The van der Waals surface area contributed by atoms with Gasteiger partial charge >= 0.3 is 0 Å². The van der Waals surface area contributed by atoms with Crippen LogP contribution >= 0.6 is 0 Å². The number of carbonyl (C=O) groups excluding carboxylic acids is 1. The normalized spacial score (nSPS) is 19.3. The van der Waals surface area contributed by atoms with E-state index in [-0.39, 0.29) is 11.2 Å². The first-order valence-corrected chi connectivity index (χ1v) is 5.61. The van der Waals surface area contributed by atoms with Crippen molar-refractivity contribution in [2.45, 2.75) is 39.0 Å². The Hall–Kier alpha value is -1.12. The van der Waals surface area contributed by atoms with Crippen molar-refractivity contribution < 1.29 is 4.79 Å². The van der Waals surface area contributed by atoms with E-state index in [4.69, 9.17) is 0 Å². The number of hydrogen-bond donors (Lipinski definition) is 0. The Labute approximate surface area is 90.5 Å². The average molecular weight is 206 g/mol. The quantitative estimate of drug-likeness (QED) is 0.712. The number of carbonyl (C=O) groups is 1. The lowest BCUT2D eigenvalue weighted by molar-refractivity contribution is 0.0924. The molecule has 1 heterocycles. The Kier molecular flexibility index (Phi) is 2.63. The summed E-state index contributed by atoms with van der Waals surface area (Å²) in [5.41, 5.74) is 0.998. The molecular weight excluding hydrogens is 188 g/mol. The van der Waals surface area contributed by atoms with E-state index in [1.807, 2.05) is 7.05 Å². The van der Waals surface area contributed by atoms with E-state index >= 15 is 0 Å². The summed E-state index contributed by atoms with van der Waals surface area (Å²) in [5, 5.41) is 4.03. The molecule has 3 heteroatoms. The maximum absolute atomic E-state index is 12.0. The van der Waals surface area contributed by atoms with Gasteiger partial charge in [0, 0.05) is 19.7 Å². The molecule has 0 aliphatic heterocycles. The van der Waals surface area contributed by atoms with Crippen LogP contribution in [0.3, 0.4) is 0 Å². The summed E-state index contributed by atoms with van der Waals surface area (Å²) in [7, 11) is 1.84. The van der Waals surface area contributed by atoms with Crippen molar-refractivity contribution in [2.24, 2.45) is 12.5 Å². The van der Waals surface area contributed by atoms with Gasteiger partial charge in [0.15, 0.2) is 5.78 Å². The fourth-order valence-corrected chi connectivity index (χ4v) is 2.46. The second-order valence-corrected chi connectivity index (χ2v) is 5.02. The van der Waals surface area contributed by atoms with Crippen LogP contribution in [0.4, 0.5) is 0 Å². The Morgan fingerprint density at radius 1 is 1.53 bits per heavy atom. The van der Waals surface area contributed by atoms with Crippen LogP contribution in [0.5, 0.6) is 0 Å². The zero-order valence-corrected chi connectivity index (χ0v) is 9.49. The summed E-state index contributed by atoms with van der Waals surface area (Å²) in [6, 6.07) is 0. The largest absolute Gasteiger partial charge is 0.294 e. The summed E-state index contributed by atoms with van der Waals surface area (Å²) in [4.78, 5) is 12.0. The van der Waals surface area contributed by atoms with Crippen molar-refractivity contribution in [1.29, 1.82) is 0 Å². The number of Topliss-reactive ketones (excluding diaryl/α,β-unsaturated/α-hetero) is 1. The van der Waals surface area contributed by atoms with Crippen molar-refractivity contribution in [2.75, 3.05) is 0 Å². The average Bonchev–Trinajstić information content (AvgIpc) is 2.75. The van der Waals surface area contributed by atoms with Crippen LogP contribution in [0, 0.1) is 5.41 Å². The minimum atomic E-state index is 0.243. The summed E-state index contributed by atoms with van der Waals surface area (Å²) in [6.45, 7) is 2.23. The molecule has 2 rings (SSSR count). The molecule has 1 aromatic heterocycles. The minimum Gasteiger partial charge on any atom is -0.294 e. The lowest BCUT2D eigenvalue weighted by Gasteiger charge is -2.21. The highest BCUT2D eigenvalue weighted by molar-refractivity contribution is 5.96. The standard InChI is InChI=1S/C12H18N2O/c1-12(5-3-4-6-12)7-11(15)10-8-13-14(2)9-10/h8-9H,3-7H2,1-2H3. The van der Waals surface area contributed by atoms with Gasteiger partial charge in [-0.1, -0.05) is 19.8 Å². The van der Waals surface area contributed by atoms with Crippen molar-refractivity contribution >= 4 is 5.78 Å². The number of rotatable bonds is 3. The third-order valence-electron chi connectivity index (χ3n) is 3.42. The first kappa shape index (κ1) is 10.4. The molecule has 0 atom stereocenters. The Balaban J connectivity index is 2.03. The number of nitrogens with zero attached hydrogens (tertiary/aromatic N) is 2. The van der Waals surface area contributed by atoms with Gasteiger partial charge in [-0.2, -0.15) is 5.10 Å². The monoisotopic (exact) mass is 206 g/mol. The highest BCUT2D eigenvalue weighted by Crippen LogP contribution is 2.41. The molecule has 1 fully saturated rings. The molecule has 0 spiro atoms. The Morgan fingerprint density at radius 2 is 2.20 bits per heavy atom. The van der Waals surface area contributed by atoms with Crippen LogP contribution in [0.15, 0.2) is 12.4 Å². The zero-order valence-electron chi connectivity index (χ0n) is 9.49. The van der Waals surface area contributed by atoms with E-state index in [0.29, 0.717) is 6.42 Å². The van der Waals surface area contributed by atoms with E-state index in [9.17, 15) is 4.79 Å². The van der Waals surface area contributed by atoms with Crippen LogP contribution in [-0.2, 0) is 7.05 Å². The minimum absolute atomic E-state index is 0.243. The topological polar surface area (TPSA) is 34.9 Å². The van der Waals surface area contributed by atoms with Crippen LogP contribution in [0.2, 0.25) is 0 Å². The molecule has 0 aromatic carbocycles. The Morgan fingerprint density at radius 3 is 2.73 bits per heavy atom. The third kappa shape index (κ3) is 2.28. The van der Waals surface area contributed by atoms with Gasteiger partial charge in [-0.05, 0) is 18.3 Å². The zero-order chi connectivity index (χ0) is 10.9. The van der Waals surface area contributed by atoms with Crippen molar-refractivity contribution in [3.05, 3.63) is 18.0 Å². The van der Waals surface area contributed by atoms with Crippen LogP contribution in [0.1, 0.15) is 49.4 Å². The molecule has 82 valence electrons. The van der Waals surface area contributed by atoms with Crippen LogP contribution in [0.25, 0.3) is 0 Å². The molecule has 1 saturated carbocycles. The van der Waals surface area contributed by atoms with Crippen LogP contribution in [-0.4, -0.2) is 15.6 Å².